The number of ketones is 2. The summed E-state index contributed by atoms with van der Waals surface area (Å²) in [6.07, 6.45) is 1.03. The SMILES string of the molecule is CC[C@H]1OC(=O)[C@H](C)C(=O)C(C)[C@@H](O[C@@H]2O[C@H](C)C[C@H](N(C)C)[C@H]2O)[C@](C)(OC)C[C@@H](C)C(=O)[C@H](C)[C@H]2C(CNCCCn3cc(-c4ccc5ccccc5n4)cn3)C(=O)O[C@@]21C. The number of fused-ring (bicyclic) bond motifs is 2. The lowest BCUT2D eigenvalue weighted by molar-refractivity contribution is -0.295. The van der Waals surface area contributed by atoms with Gasteiger partial charge in [0.15, 0.2) is 17.7 Å². The molecule has 2 aromatic heterocycles. The number of esters is 2. The number of pyridine rings is 1. The number of aryl methyl sites for hydroxylation is 1. The lowest BCUT2D eigenvalue weighted by atomic mass is 9.67. The molecule has 2 N–H and O–H groups in total. The Labute approximate surface area is 371 Å². The van der Waals surface area contributed by atoms with E-state index in [4.69, 9.17) is 28.7 Å². The highest BCUT2D eigenvalue weighted by Crippen LogP contribution is 2.48. The number of hydrogen-bond acceptors (Lipinski definition) is 14. The van der Waals surface area contributed by atoms with Gasteiger partial charge in [0.2, 0.25) is 0 Å². The number of likely N-dealkylation sites (N-methyl/N-ethyl adjacent to an activating group) is 1. The molecule has 3 saturated heterocycles. The predicted molar refractivity (Wildman–Crippen MR) is 236 cm³/mol. The third-order valence-corrected chi connectivity index (χ3v) is 14.1. The first kappa shape index (κ1) is 48.3. The zero-order valence-corrected chi connectivity index (χ0v) is 38.9. The van der Waals surface area contributed by atoms with Crippen LogP contribution in [0, 0.1) is 35.5 Å². The Morgan fingerprint density at radius 2 is 1.71 bits per heavy atom. The molecule has 15 nitrogen and oxygen atoms in total. The first-order valence-electron chi connectivity index (χ1n) is 22.6. The lowest BCUT2D eigenvalue weighted by Gasteiger charge is -2.47. The van der Waals surface area contributed by atoms with Crippen molar-refractivity contribution in [3.05, 3.63) is 48.8 Å². The fourth-order valence-corrected chi connectivity index (χ4v) is 10.5. The zero-order valence-electron chi connectivity index (χ0n) is 38.9. The fraction of sp³-hybridized carbons (Fsp3) is 0.667. The van der Waals surface area contributed by atoms with Gasteiger partial charge in [-0.05, 0) is 86.2 Å². The van der Waals surface area contributed by atoms with Crippen molar-refractivity contribution in [3.63, 3.8) is 0 Å². The molecule has 5 heterocycles. The second-order valence-corrected chi connectivity index (χ2v) is 18.9. The summed E-state index contributed by atoms with van der Waals surface area (Å²) in [4.78, 5) is 63.8. The molecule has 0 amide bonds. The van der Waals surface area contributed by atoms with Crippen molar-refractivity contribution < 1.29 is 48.0 Å². The van der Waals surface area contributed by atoms with Gasteiger partial charge >= 0.3 is 11.9 Å². The Morgan fingerprint density at radius 1 is 0.984 bits per heavy atom. The maximum atomic E-state index is 14.8. The topological polar surface area (TPSA) is 181 Å². The highest BCUT2D eigenvalue weighted by atomic mass is 16.7. The normalized spacial score (nSPS) is 36.0. The van der Waals surface area contributed by atoms with E-state index in [0.29, 0.717) is 25.9 Å². The van der Waals surface area contributed by atoms with E-state index in [2.05, 4.69) is 16.5 Å². The van der Waals surface area contributed by atoms with Gasteiger partial charge in [-0.2, -0.15) is 5.10 Å². The van der Waals surface area contributed by atoms with Gasteiger partial charge in [-0.1, -0.05) is 52.0 Å². The number of nitrogens with one attached hydrogen (secondary N) is 1. The first-order valence-corrected chi connectivity index (χ1v) is 22.6. The van der Waals surface area contributed by atoms with Crippen LogP contribution in [0.1, 0.15) is 81.1 Å². The number of rotatable bonds is 12. The number of aromatic nitrogens is 3. The molecule has 6 rings (SSSR count). The highest BCUT2D eigenvalue weighted by molar-refractivity contribution is 6.00. The molecule has 0 saturated carbocycles. The summed E-state index contributed by atoms with van der Waals surface area (Å²) >= 11 is 0. The van der Waals surface area contributed by atoms with Crippen LogP contribution in [0.15, 0.2) is 48.8 Å². The summed E-state index contributed by atoms with van der Waals surface area (Å²) in [6.45, 7) is 15.5. The molecule has 63 heavy (non-hydrogen) atoms. The molecule has 0 bridgehead atoms. The zero-order chi connectivity index (χ0) is 46.0. The third kappa shape index (κ3) is 10.1. The summed E-state index contributed by atoms with van der Waals surface area (Å²) < 4.78 is 33.2. The number of aliphatic hydroxyl groups excluding tert-OH is 1. The van der Waals surface area contributed by atoms with E-state index in [9.17, 15) is 24.3 Å². The van der Waals surface area contributed by atoms with Gasteiger partial charge < -0.3 is 39.0 Å². The van der Waals surface area contributed by atoms with E-state index in [1.807, 2.05) is 87.9 Å². The molecule has 346 valence electrons. The van der Waals surface area contributed by atoms with E-state index in [-0.39, 0.29) is 37.3 Å². The molecule has 0 aliphatic carbocycles. The maximum absolute atomic E-state index is 14.8. The Kier molecular flexibility index (Phi) is 15.3. The van der Waals surface area contributed by atoms with Gasteiger partial charge in [0, 0.05) is 67.1 Å². The number of hydrogen-bond donors (Lipinski definition) is 2. The molecule has 0 radical (unpaired) electrons. The van der Waals surface area contributed by atoms with Gasteiger partial charge in [-0.25, -0.2) is 4.98 Å². The highest BCUT2D eigenvalue weighted by Gasteiger charge is 2.61. The molecule has 15 heteroatoms. The van der Waals surface area contributed by atoms with E-state index in [1.165, 1.54) is 14.0 Å². The quantitative estimate of drug-likeness (QED) is 0.137. The molecule has 14 atom stereocenters. The molecule has 3 fully saturated rings. The van der Waals surface area contributed by atoms with Gasteiger partial charge in [0.25, 0.3) is 0 Å². The van der Waals surface area contributed by atoms with E-state index in [1.54, 1.807) is 27.0 Å². The van der Waals surface area contributed by atoms with E-state index < -0.39 is 89.0 Å². The average molecular weight is 876 g/mol. The number of ether oxygens (including phenoxy) is 5. The van der Waals surface area contributed by atoms with Crippen LogP contribution in [0.2, 0.25) is 0 Å². The molecule has 2 unspecified atom stereocenters. The second kappa shape index (κ2) is 20.0. The largest absolute Gasteiger partial charge is 0.458 e. The molecule has 3 aromatic rings. The summed E-state index contributed by atoms with van der Waals surface area (Å²) in [7, 11) is 5.25. The second-order valence-electron chi connectivity index (χ2n) is 18.9. The van der Waals surface area contributed by atoms with Crippen molar-refractivity contribution in [2.75, 3.05) is 34.3 Å². The molecular formula is C48H69N5O10. The minimum absolute atomic E-state index is 0.132. The molecule has 1 aromatic carbocycles. The monoisotopic (exact) mass is 876 g/mol. The Bertz CT molecular complexity index is 2090. The minimum Gasteiger partial charge on any atom is -0.458 e. The number of benzene rings is 1. The maximum Gasteiger partial charge on any atom is 0.316 e. The molecule has 3 aliphatic rings. The van der Waals surface area contributed by atoms with Gasteiger partial charge in [-0.3, -0.25) is 23.9 Å². The van der Waals surface area contributed by atoms with Crippen LogP contribution in [0.5, 0.6) is 0 Å². The number of Topliss-reactive ketones (excluding diaryl/α,β-unsaturated/α-hetero) is 2. The van der Waals surface area contributed by atoms with Crippen molar-refractivity contribution in [3.8, 4) is 11.3 Å². The lowest BCUT2D eigenvalue weighted by Crippen LogP contribution is -2.59. The van der Waals surface area contributed by atoms with Crippen molar-refractivity contribution in [1.29, 1.82) is 0 Å². The van der Waals surface area contributed by atoms with Crippen LogP contribution in [-0.4, -0.2) is 131 Å². The summed E-state index contributed by atoms with van der Waals surface area (Å²) in [6, 6.07) is 11.7. The van der Waals surface area contributed by atoms with Gasteiger partial charge in [0.05, 0.1) is 41.1 Å². The summed E-state index contributed by atoms with van der Waals surface area (Å²) in [5, 5.41) is 20.5. The van der Waals surface area contributed by atoms with Crippen molar-refractivity contribution in [1.82, 2.24) is 25.0 Å². The van der Waals surface area contributed by atoms with Crippen molar-refractivity contribution in [2.24, 2.45) is 35.5 Å². The fourth-order valence-electron chi connectivity index (χ4n) is 10.5. The van der Waals surface area contributed by atoms with Gasteiger partial charge in [0.1, 0.15) is 23.9 Å². The Morgan fingerprint density at radius 3 is 2.41 bits per heavy atom. The summed E-state index contributed by atoms with van der Waals surface area (Å²) in [5.74, 6) is -6.79. The van der Waals surface area contributed by atoms with Crippen LogP contribution in [-0.2, 0) is 49.4 Å². The van der Waals surface area contributed by atoms with Crippen LogP contribution < -0.4 is 5.32 Å². The third-order valence-electron chi connectivity index (χ3n) is 14.1. The number of aliphatic hydroxyl groups is 1. The number of nitrogens with zero attached hydrogens (tertiary/aromatic N) is 4. The summed E-state index contributed by atoms with van der Waals surface area (Å²) in [5.41, 5.74) is 0.0422. The first-order chi connectivity index (χ1) is 29.8. The van der Waals surface area contributed by atoms with Crippen LogP contribution in [0.3, 0.4) is 0 Å². The van der Waals surface area contributed by atoms with Gasteiger partial charge in [-0.15, -0.1) is 0 Å². The van der Waals surface area contributed by atoms with E-state index in [0.717, 1.165) is 22.2 Å². The van der Waals surface area contributed by atoms with Crippen LogP contribution in [0.4, 0.5) is 0 Å². The number of para-hydroxylation sites is 1. The molecule has 3 aliphatic heterocycles. The molecular weight excluding hydrogens is 807 g/mol. The minimum atomic E-state index is -1.37. The van der Waals surface area contributed by atoms with Crippen molar-refractivity contribution in [2.45, 2.75) is 136 Å². The Balaban J connectivity index is 1.21. The average Bonchev–Trinajstić information content (AvgIpc) is 3.84. The Hall–Kier alpha value is -4.12. The predicted octanol–water partition coefficient (Wildman–Crippen LogP) is 5.25. The number of cyclic esters (lactones) is 1. The van der Waals surface area contributed by atoms with E-state index >= 15 is 0 Å². The van der Waals surface area contributed by atoms with Crippen LogP contribution in [0.25, 0.3) is 22.2 Å². The van der Waals surface area contributed by atoms with Crippen LogP contribution >= 0.6 is 0 Å². The number of carbonyl (C=O) groups is 4. The standard InChI is InChI=1S/C48H69N5O10/c1-12-38-48(8)39(34(45(58)63-48)25-49-20-15-21-53-26-33(24-50-53)36-19-18-32-16-13-14-17-35(32)51-36)29(4)40(54)27(2)23-47(7,59-11)43(30(5)41(55)31(6)44(57)61-38)62-46-42(56)37(52(9)10)22-28(3)60-46/h13-14,16-19,24,26-31,34,37-39,42-43,46,49,56H,12,15,20-23,25H2,1-11H3/t27-,28-,29-,30?,31-,34?,37+,38-,39+,42-,43-,46+,47-,48-/m1/s1. The molecule has 0 spiro atoms. The number of methoxy groups -OCH3 is 1. The number of carbonyl (C=O) groups excluding carboxylic acids is 4. The van der Waals surface area contributed by atoms with Crippen molar-refractivity contribution >= 4 is 34.4 Å². The smallest absolute Gasteiger partial charge is 0.316 e.